The molecule has 0 spiro atoms. The van der Waals surface area contributed by atoms with Gasteiger partial charge in [-0.25, -0.2) is 4.79 Å². The van der Waals surface area contributed by atoms with Crippen LogP contribution in [0.4, 0.5) is 0 Å². The Kier molecular flexibility index (Phi) is 22.8. The van der Waals surface area contributed by atoms with Crippen LogP contribution in [0.2, 0.25) is 0 Å². The predicted octanol–water partition coefficient (Wildman–Crippen LogP) is 8.44. The van der Waals surface area contributed by atoms with Gasteiger partial charge in [0.1, 0.15) is 5.44 Å². The zero-order valence-electron chi connectivity index (χ0n) is 22.6. The molecular formula is C27H54O6PS+. The summed E-state index contributed by atoms with van der Waals surface area (Å²) >= 11 is 4.60. The summed E-state index contributed by atoms with van der Waals surface area (Å²) in [5, 5.41) is 19.0. The third-order valence-corrected chi connectivity index (χ3v) is 7.53. The maximum atomic E-state index is 11.2. The number of ether oxygens (including phenoxy) is 2. The number of hydrogen-bond acceptors (Lipinski definition) is 6. The lowest BCUT2D eigenvalue weighted by molar-refractivity contribution is -0.256. The van der Waals surface area contributed by atoms with E-state index in [4.69, 9.17) is 14.6 Å². The van der Waals surface area contributed by atoms with Gasteiger partial charge in [-0.2, -0.15) is 0 Å². The van der Waals surface area contributed by atoms with E-state index in [2.05, 4.69) is 26.5 Å². The van der Waals surface area contributed by atoms with Gasteiger partial charge >= 0.3 is 20.0 Å². The number of carboxylic acid groups (broad SMARTS) is 1. The molecule has 0 radical (unpaired) electrons. The van der Waals surface area contributed by atoms with E-state index in [9.17, 15) is 14.5 Å². The summed E-state index contributed by atoms with van der Waals surface area (Å²) in [5.74, 6) is -1.19. The van der Waals surface area contributed by atoms with Crippen molar-refractivity contribution in [2.45, 2.75) is 160 Å². The van der Waals surface area contributed by atoms with Gasteiger partial charge in [-0.15, -0.1) is 12.6 Å². The average molecular weight is 538 g/mol. The molecule has 5 unspecified atom stereocenters. The largest absolute Gasteiger partial charge is 0.474 e. The van der Waals surface area contributed by atoms with Crippen LogP contribution < -0.4 is 0 Å². The molecule has 0 saturated heterocycles. The zero-order chi connectivity index (χ0) is 26.4. The van der Waals surface area contributed by atoms with Crippen molar-refractivity contribution in [3.63, 3.8) is 0 Å². The number of carboxylic acids is 1. The summed E-state index contributed by atoms with van der Waals surface area (Å²) in [5.41, 5.74) is -3.18. The molecule has 0 aromatic rings. The minimum Gasteiger partial charge on any atom is -0.474 e. The van der Waals surface area contributed by atoms with Crippen molar-refractivity contribution in [3.8, 4) is 0 Å². The molecule has 0 aromatic carbocycles. The van der Waals surface area contributed by atoms with Crippen molar-refractivity contribution < 1.29 is 29.0 Å². The van der Waals surface area contributed by atoms with E-state index >= 15 is 0 Å². The highest BCUT2D eigenvalue weighted by molar-refractivity contribution is 7.80. The highest BCUT2D eigenvalue weighted by Gasteiger charge is 2.50. The second-order valence-electron chi connectivity index (χ2n) is 9.87. The summed E-state index contributed by atoms with van der Waals surface area (Å²) in [7, 11) is -1.55. The van der Waals surface area contributed by atoms with Gasteiger partial charge in [-0.3, -0.25) is 4.74 Å². The second kappa shape index (κ2) is 23.0. The Morgan fingerprint density at radius 2 is 1.26 bits per heavy atom. The van der Waals surface area contributed by atoms with Gasteiger partial charge in [0.15, 0.2) is 6.29 Å². The maximum absolute atomic E-state index is 11.2. The predicted molar refractivity (Wildman–Crippen MR) is 149 cm³/mol. The van der Waals surface area contributed by atoms with E-state index < -0.39 is 31.7 Å². The molecule has 0 saturated carbocycles. The van der Waals surface area contributed by atoms with Crippen LogP contribution in [0.1, 0.15) is 143 Å². The van der Waals surface area contributed by atoms with E-state index in [-0.39, 0.29) is 0 Å². The summed E-state index contributed by atoms with van der Waals surface area (Å²) in [6, 6.07) is 0. The average Bonchev–Trinajstić information content (AvgIpc) is 2.84. The van der Waals surface area contributed by atoms with Crippen molar-refractivity contribution in [2.24, 2.45) is 5.92 Å². The first-order valence-corrected chi connectivity index (χ1v) is 15.6. The number of carbonyl (C=O) groups is 1. The minimum absolute atomic E-state index is 0.317. The lowest BCUT2D eigenvalue weighted by atomic mass is 9.91. The van der Waals surface area contributed by atoms with Crippen LogP contribution in [0.15, 0.2) is 0 Å². The Morgan fingerprint density at radius 3 is 1.63 bits per heavy atom. The monoisotopic (exact) mass is 537 g/mol. The molecule has 5 atom stereocenters. The molecule has 2 N–H and O–H groups in total. The Bertz CT molecular complexity index is 524. The van der Waals surface area contributed by atoms with Crippen molar-refractivity contribution in [1.82, 2.24) is 0 Å². The van der Waals surface area contributed by atoms with E-state index in [0.29, 0.717) is 12.3 Å². The third kappa shape index (κ3) is 18.7. The van der Waals surface area contributed by atoms with Crippen LogP contribution in [0, 0.1) is 5.92 Å². The van der Waals surface area contributed by atoms with Gasteiger partial charge < -0.3 is 14.9 Å². The van der Waals surface area contributed by atoms with Gasteiger partial charge in [-0.1, -0.05) is 134 Å². The molecule has 208 valence electrons. The van der Waals surface area contributed by atoms with Crippen LogP contribution in [0.25, 0.3) is 0 Å². The number of hydrogen-bond donors (Lipinski definition) is 3. The van der Waals surface area contributed by atoms with Crippen LogP contribution in [-0.2, 0) is 18.8 Å². The lowest BCUT2D eigenvalue weighted by Gasteiger charge is -2.26. The van der Waals surface area contributed by atoms with E-state index in [1.165, 1.54) is 96.3 Å². The molecule has 0 bridgehead atoms. The van der Waals surface area contributed by atoms with E-state index in [0.717, 1.165) is 19.3 Å². The normalized spacial score (nSPS) is 16.1. The summed E-state index contributed by atoms with van der Waals surface area (Å²) in [6.07, 6.45) is 21.8. The molecule has 0 fully saturated rings. The summed E-state index contributed by atoms with van der Waals surface area (Å²) in [6.45, 7) is 6.25. The zero-order valence-corrected chi connectivity index (χ0v) is 24.5. The summed E-state index contributed by atoms with van der Waals surface area (Å²) in [4.78, 5) is 11.2. The minimum atomic E-state index is -2.75. The topological polar surface area (TPSA) is 93.1 Å². The smallest absolute Gasteiger partial charge is 0.472 e. The van der Waals surface area contributed by atoms with Gasteiger partial charge in [0.2, 0.25) is 0 Å². The SMILES string of the molecule is CCCCCCCCCCC(CCCCCCCCC)CC(S)OC(CC)OC(O)([PH+]=O)C(=O)O. The Hall–Kier alpha value is -0.200. The highest BCUT2D eigenvalue weighted by atomic mass is 32.1. The molecule has 0 rings (SSSR count). The van der Waals surface area contributed by atoms with Crippen LogP contribution >= 0.6 is 21.1 Å². The van der Waals surface area contributed by atoms with Gasteiger partial charge in [0.05, 0.1) is 0 Å². The van der Waals surface area contributed by atoms with Crippen LogP contribution in [0.5, 0.6) is 0 Å². The Morgan fingerprint density at radius 1 is 0.829 bits per heavy atom. The fourth-order valence-electron chi connectivity index (χ4n) is 4.37. The van der Waals surface area contributed by atoms with Crippen LogP contribution in [-0.4, -0.2) is 33.4 Å². The van der Waals surface area contributed by atoms with E-state index in [1.54, 1.807) is 6.92 Å². The molecule has 0 aliphatic carbocycles. The summed E-state index contributed by atoms with van der Waals surface area (Å²) < 4.78 is 22.1. The number of unbranched alkanes of at least 4 members (excludes halogenated alkanes) is 13. The number of aliphatic hydroxyl groups is 1. The fraction of sp³-hybridized carbons (Fsp3) is 0.963. The standard InChI is InChI=1S/C27H53O6PS/c1-4-7-9-11-13-15-17-19-21-23(20-18-16-14-12-10-8-5-2)22-25(35)32-24(6-3)33-27(30,34-31)26(28)29/h23-25,30,35H,4-22H2,1-3H3,(H,28,29)/p+1. The Labute approximate surface area is 221 Å². The molecule has 35 heavy (non-hydrogen) atoms. The lowest BCUT2D eigenvalue weighted by Crippen LogP contribution is -2.40. The molecular weight excluding hydrogens is 483 g/mol. The first-order valence-electron chi connectivity index (χ1n) is 14.2. The molecule has 0 heterocycles. The molecule has 0 aromatic heterocycles. The first-order chi connectivity index (χ1) is 16.8. The van der Waals surface area contributed by atoms with Crippen molar-refractivity contribution in [3.05, 3.63) is 0 Å². The quantitative estimate of drug-likeness (QED) is 0.0444. The highest BCUT2D eigenvalue weighted by Crippen LogP contribution is 2.29. The Balaban J connectivity index is 4.60. The van der Waals surface area contributed by atoms with Gasteiger partial charge in [0, 0.05) is 0 Å². The van der Waals surface area contributed by atoms with Gasteiger partial charge in [-0.05, 0) is 18.8 Å². The fourth-order valence-corrected chi connectivity index (χ4v) is 5.07. The number of rotatable bonds is 26. The number of thiol groups is 1. The second-order valence-corrected chi connectivity index (χ2v) is 11.3. The van der Waals surface area contributed by atoms with Crippen molar-refractivity contribution >= 4 is 27.1 Å². The third-order valence-electron chi connectivity index (χ3n) is 6.59. The van der Waals surface area contributed by atoms with Crippen molar-refractivity contribution in [1.29, 1.82) is 0 Å². The first kappa shape index (κ1) is 34.8. The number of aliphatic carboxylic acids is 1. The van der Waals surface area contributed by atoms with Crippen molar-refractivity contribution in [2.75, 3.05) is 0 Å². The molecule has 8 heteroatoms. The molecule has 0 aliphatic heterocycles. The van der Waals surface area contributed by atoms with E-state index in [1.807, 2.05) is 0 Å². The molecule has 0 aliphatic rings. The van der Waals surface area contributed by atoms with Crippen LogP contribution in [0.3, 0.4) is 0 Å². The molecule has 0 amide bonds. The maximum Gasteiger partial charge on any atom is 0.472 e. The van der Waals surface area contributed by atoms with Gasteiger partial charge in [0.25, 0.3) is 0 Å². The molecule has 6 nitrogen and oxygen atoms in total.